The lowest BCUT2D eigenvalue weighted by Crippen LogP contribution is -2.40. The summed E-state index contributed by atoms with van der Waals surface area (Å²) in [5.41, 5.74) is 0. The zero-order chi connectivity index (χ0) is 12.1. The van der Waals surface area contributed by atoms with Crippen LogP contribution >= 0.6 is 0 Å². The molecule has 1 atom stereocenters. The molecule has 1 unspecified atom stereocenters. The standard InChI is InChI=1S/C13H23NO3/c1-2-16-13(15)10-14(11-6-7-11)9-12-5-3-4-8-17-12/h11-12H,2-10H2,1H3. The van der Waals surface area contributed by atoms with E-state index in [1.165, 1.54) is 25.7 Å². The summed E-state index contributed by atoms with van der Waals surface area (Å²) in [6.45, 7) is 4.52. The summed E-state index contributed by atoms with van der Waals surface area (Å²) in [6.07, 6.45) is 6.31. The molecule has 0 N–H and O–H groups in total. The second-order valence-electron chi connectivity index (χ2n) is 4.95. The van der Waals surface area contributed by atoms with E-state index in [2.05, 4.69) is 4.90 Å². The summed E-state index contributed by atoms with van der Waals surface area (Å²) in [5.74, 6) is -0.102. The van der Waals surface area contributed by atoms with Gasteiger partial charge in [-0.25, -0.2) is 0 Å². The van der Waals surface area contributed by atoms with Gasteiger partial charge in [0, 0.05) is 19.2 Å². The molecule has 0 aromatic rings. The number of esters is 1. The lowest BCUT2D eigenvalue weighted by molar-refractivity contribution is -0.145. The maximum atomic E-state index is 11.5. The first kappa shape index (κ1) is 12.8. The van der Waals surface area contributed by atoms with Crippen molar-refractivity contribution in [2.45, 2.75) is 51.2 Å². The Kier molecular flexibility index (Phi) is 4.80. The Labute approximate surface area is 103 Å². The predicted octanol–water partition coefficient (Wildman–Crippen LogP) is 1.58. The van der Waals surface area contributed by atoms with Crippen molar-refractivity contribution in [1.29, 1.82) is 0 Å². The van der Waals surface area contributed by atoms with Crippen LogP contribution in [0.25, 0.3) is 0 Å². The van der Waals surface area contributed by atoms with Crippen LogP contribution in [0.3, 0.4) is 0 Å². The second kappa shape index (κ2) is 6.36. The van der Waals surface area contributed by atoms with Gasteiger partial charge in [-0.05, 0) is 39.0 Å². The molecule has 0 bridgehead atoms. The van der Waals surface area contributed by atoms with Gasteiger partial charge in [-0.1, -0.05) is 0 Å². The maximum absolute atomic E-state index is 11.5. The summed E-state index contributed by atoms with van der Waals surface area (Å²) < 4.78 is 10.8. The Hall–Kier alpha value is -0.610. The molecular weight excluding hydrogens is 218 g/mol. The van der Waals surface area contributed by atoms with Gasteiger partial charge < -0.3 is 9.47 Å². The van der Waals surface area contributed by atoms with Gasteiger partial charge in [-0.15, -0.1) is 0 Å². The smallest absolute Gasteiger partial charge is 0.320 e. The quantitative estimate of drug-likeness (QED) is 0.662. The van der Waals surface area contributed by atoms with E-state index in [0.29, 0.717) is 25.3 Å². The maximum Gasteiger partial charge on any atom is 0.320 e. The summed E-state index contributed by atoms with van der Waals surface area (Å²) in [5, 5.41) is 0. The van der Waals surface area contributed by atoms with E-state index in [4.69, 9.17) is 9.47 Å². The lowest BCUT2D eigenvalue weighted by atomic mass is 10.1. The van der Waals surface area contributed by atoms with Crippen molar-refractivity contribution in [3.8, 4) is 0 Å². The van der Waals surface area contributed by atoms with Gasteiger partial charge in [0.05, 0.1) is 19.3 Å². The third-order valence-corrected chi connectivity index (χ3v) is 3.41. The normalized spacial score (nSPS) is 24.9. The predicted molar refractivity (Wildman–Crippen MR) is 64.8 cm³/mol. The molecule has 98 valence electrons. The highest BCUT2D eigenvalue weighted by molar-refractivity contribution is 5.71. The van der Waals surface area contributed by atoms with Crippen LogP contribution < -0.4 is 0 Å². The molecule has 2 fully saturated rings. The molecule has 0 aromatic heterocycles. The molecule has 4 heteroatoms. The van der Waals surface area contributed by atoms with Crippen LogP contribution in [0.2, 0.25) is 0 Å². The Balaban J connectivity index is 1.77. The van der Waals surface area contributed by atoms with Crippen molar-refractivity contribution in [1.82, 2.24) is 4.90 Å². The van der Waals surface area contributed by atoms with Crippen LogP contribution in [0.4, 0.5) is 0 Å². The van der Waals surface area contributed by atoms with E-state index >= 15 is 0 Å². The molecule has 1 saturated heterocycles. The highest BCUT2D eigenvalue weighted by Crippen LogP contribution is 2.28. The summed E-state index contributed by atoms with van der Waals surface area (Å²) >= 11 is 0. The molecule has 1 heterocycles. The Morgan fingerprint density at radius 1 is 1.35 bits per heavy atom. The lowest BCUT2D eigenvalue weighted by Gasteiger charge is -2.29. The van der Waals surface area contributed by atoms with Gasteiger partial charge in [0.2, 0.25) is 0 Å². The average molecular weight is 241 g/mol. The van der Waals surface area contributed by atoms with Crippen LogP contribution in [0.5, 0.6) is 0 Å². The van der Waals surface area contributed by atoms with Gasteiger partial charge in [-0.2, -0.15) is 0 Å². The molecule has 4 nitrogen and oxygen atoms in total. The van der Waals surface area contributed by atoms with E-state index in [0.717, 1.165) is 19.6 Å². The van der Waals surface area contributed by atoms with E-state index in [9.17, 15) is 4.79 Å². The van der Waals surface area contributed by atoms with Crippen molar-refractivity contribution in [3.05, 3.63) is 0 Å². The monoisotopic (exact) mass is 241 g/mol. The molecule has 0 aromatic carbocycles. The molecule has 0 radical (unpaired) electrons. The molecular formula is C13H23NO3. The van der Waals surface area contributed by atoms with Gasteiger partial charge in [-0.3, -0.25) is 9.69 Å². The van der Waals surface area contributed by atoms with Gasteiger partial charge in [0.25, 0.3) is 0 Å². The zero-order valence-electron chi connectivity index (χ0n) is 10.7. The molecule has 0 spiro atoms. The summed E-state index contributed by atoms with van der Waals surface area (Å²) in [7, 11) is 0. The van der Waals surface area contributed by atoms with Crippen molar-refractivity contribution in [3.63, 3.8) is 0 Å². The largest absolute Gasteiger partial charge is 0.465 e. The molecule has 2 aliphatic rings. The first-order chi connectivity index (χ1) is 8.29. The molecule has 17 heavy (non-hydrogen) atoms. The van der Waals surface area contributed by atoms with E-state index in [1.807, 2.05) is 6.92 Å². The minimum absolute atomic E-state index is 0.102. The number of ether oxygens (including phenoxy) is 2. The molecule has 1 aliphatic heterocycles. The number of carbonyl (C=O) groups excluding carboxylic acids is 1. The number of carbonyl (C=O) groups is 1. The highest BCUT2D eigenvalue weighted by atomic mass is 16.5. The number of rotatable bonds is 6. The summed E-state index contributed by atoms with van der Waals surface area (Å²) in [6, 6.07) is 0.588. The number of hydrogen-bond donors (Lipinski definition) is 0. The Morgan fingerprint density at radius 3 is 2.76 bits per heavy atom. The van der Waals surface area contributed by atoms with E-state index in [1.54, 1.807) is 0 Å². The van der Waals surface area contributed by atoms with Crippen molar-refractivity contribution >= 4 is 5.97 Å². The third-order valence-electron chi connectivity index (χ3n) is 3.41. The fourth-order valence-electron chi connectivity index (χ4n) is 2.37. The van der Waals surface area contributed by atoms with E-state index < -0.39 is 0 Å². The SMILES string of the molecule is CCOC(=O)CN(CC1CCCCO1)C1CC1. The fraction of sp³-hybridized carbons (Fsp3) is 0.923. The van der Waals surface area contributed by atoms with Crippen LogP contribution in [-0.4, -0.2) is 49.3 Å². The third kappa shape index (κ3) is 4.28. The highest BCUT2D eigenvalue weighted by Gasteiger charge is 2.32. The Bertz CT molecular complexity index is 247. The molecule has 1 saturated carbocycles. The van der Waals surface area contributed by atoms with Gasteiger partial charge >= 0.3 is 5.97 Å². The Morgan fingerprint density at radius 2 is 2.18 bits per heavy atom. The van der Waals surface area contributed by atoms with Crippen molar-refractivity contribution in [2.24, 2.45) is 0 Å². The van der Waals surface area contributed by atoms with Crippen LogP contribution in [0.1, 0.15) is 39.0 Å². The van der Waals surface area contributed by atoms with Gasteiger partial charge in [0.15, 0.2) is 0 Å². The topological polar surface area (TPSA) is 38.8 Å². The first-order valence-corrected chi connectivity index (χ1v) is 6.81. The molecule has 2 rings (SSSR count). The minimum atomic E-state index is -0.102. The van der Waals surface area contributed by atoms with Crippen molar-refractivity contribution < 1.29 is 14.3 Å². The van der Waals surface area contributed by atoms with Crippen LogP contribution in [-0.2, 0) is 14.3 Å². The molecule has 0 amide bonds. The van der Waals surface area contributed by atoms with Crippen molar-refractivity contribution in [2.75, 3.05) is 26.3 Å². The minimum Gasteiger partial charge on any atom is -0.465 e. The van der Waals surface area contributed by atoms with E-state index in [-0.39, 0.29) is 5.97 Å². The number of nitrogens with zero attached hydrogens (tertiary/aromatic N) is 1. The first-order valence-electron chi connectivity index (χ1n) is 6.81. The second-order valence-corrected chi connectivity index (χ2v) is 4.95. The van der Waals surface area contributed by atoms with Gasteiger partial charge in [0.1, 0.15) is 0 Å². The van der Waals surface area contributed by atoms with Crippen LogP contribution in [0.15, 0.2) is 0 Å². The number of hydrogen-bond acceptors (Lipinski definition) is 4. The van der Waals surface area contributed by atoms with Crippen LogP contribution in [0, 0.1) is 0 Å². The summed E-state index contributed by atoms with van der Waals surface area (Å²) in [4.78, 5) is 13.8. The fourth-order valence-corrected chi connectivity index (χ4v) is 2.37. The molecule has 1 aliphatic carbocycles. The zero-order valence-corrected chi connectivity index (χ0v) is 10.7. The average Bonchev–Trinajstić information content (AvgIpc) is 3.14.